The lowest BCUT2D eigenvalue weighted by Gasteiger charge is -2.41. The van der Waals surface area contributed by atoms with Crippen molar-refractivity contribution < 1.29 is 8.42 Å². The van der Waals surface area contributed by atoms with Gasteiger partial charge in [0.05, 0.1) is 37.8 Å². The van der Waals surface area contributed by atoms with E-state index in [0.29, 0.717) is 52.8 Å². The average Bonchev–Trinajstić information content (AvgIpc) is 2.56. The molecule has 0 N–H and O–H groups in total. The second kappa shape index (κ2) is 6.32. The Kier molecular flexibility index (Phi) is 4.66. The highest BCUT2D eigenvalue weighted by molar-refractivity contribution is 7.92. The molecule has 1 aliphatic rings. The smallest absolute Gasteiger partial charge is 0.159 e. The van der Waals surface area contributed by atoms with Crippen molar-refractivity contribution in [1.29, 1.82) is 0 Å². The van der Waals surface area contributed by atoms with Crippen molar-refractivity contribution in [2.75, 3.05) is 23.7 Å². The van der Waals surface area contributed by atoms with Gasteiger partial charge >= 0.3 is 0 Å². The van der Waals surface area contributed by atoms with E-state index < -0.39 is 14.6 Å². The third-order valence-electron chi connectivity index (χ3n) is 4.95. The minimum Gasteiger partial charge on any atom is -0.353 e. The Balaban J connectivity index is 2.00. The molecule has 24 heavy (non-hydrogen) atoms. The van der Waals surface area contributed by atoms with E-state index in [-0.39, 0.29) is 5.75 Å². The zero-order valence-electron chi connectivity index (χ0n) is 13.6. The highest BCUT2D eigenvalue weighted by Gasteiger charge is 2.45. The second-order valence-corrected chi connectivity index (χ2v) is 9.43. The lowest BCUT2D eigenvalue weighted by atomic mass is 10.0. The molecule has 2 heterocycles. The van der Waals surface area contributed by atoms with Crippen LogP contribution in [0, 0.1) is 0 Å². The summed E-state index contributed by atoms with van der Waals surface area (Å²) in [6, 6.07) is 3.36. The van der Waals surface area contributed by atoms with Crippen molar-refractivity contribution in [1.82, 2.24) is 9.97 Å². The van der Waals surface area contributed by atoms with Crippen molar-refractivity contribution in [2.45, 2.75) is 31.4 Å². The highest BCUT2D eigenvalue weighted by Crippen LogP contribution is 2.34. The molecule has 130 valence electrons. The van der Waals surface area contributed by atoms with Crippen molar-refractivity contribution in [3.05, 3.63) is 28.4 Å². The molecule has 0 unspecified atom stereocenters. The Labute approximate surface area is 151 Å². The molecule has 0 amide bonds. The molecule has 0 radical (unpaired) electrons. The lowest BCUT2D eigenvalue weighted by molar-refractivity contribution is 0.457. The maximum atomic E-state index is 12.5. The molecule has 0 spiro atoms. The first-order valence-corrected chi connectivity index (χ1v) is 10.3. The molecule has 8 heteroatoms. The Morgan fingerprint density at radius 3 is 2.42 bits per heavy atom. The van der Waals surface area contributed by atoms with Crippen molar-refractivity contribution in [3.8, 4) is 0 Å². The predicted octanol–water partition coefficient (Wildman–Crippen LogP) is 3.73. The maximum Gasteiger partial charge on any atom is 0.159 e. The average molecular weight is 388 g/mol. The summed E-state index contributed by atoms with van der Waals surface area (Å²) >= 11 is 12.1. The first-order valence-electron chi connectivity index (χ1n) is 7.91. The first-order chi connectivity index (χ1) is 11.3. The fraction of sp³-hybridized carbons (Fsp3) is 0.500. The molecular formula is C16H19Cl2N3O2S. The normalized spacial score (nSPS) is 19.6. The summed E-state index contributed by atoms with van der Waals surface area (Å²) in [5, 5.41) is 0.861. The van der Waals surface area contributed by atoms with E-state index in [2.05, 4.69) is 9.97 Å². The molecule has 0 saturated carbocycles. The highest BCUT2D eigenvalue weighted by atomic mass is 35.5. The molecular weight excluding hydrogens is 369 g/mol. The molecule has 1 aromatic carbocycles. The Morgan fingerprint density at radius 2 is 1.79 bits per heavy atom. The SMILES string of the molecule is CCC1(CC)CN(c2cnc3cc(Cl)c(Cl)cc3n2)CCS1(=O)=O. The van der Waals surface area contributed by atoms with Crippen LogP contribution in [0.5, 0.6) is 0 Å². The van der Waals surface area contributed by atoms with E-state index in [1.807, 2.05) is 18.7 Å². The fourth-order valence-electron chi connectivity index (χ4n) is 3.23. The van der Waals surface area contributed by atoms with Crippen molar-refractivity contribution in [3.63, 3.8) is 0 Å². The number of benzene rings is 1. The lowest BCUT2D eigenvalue weighted by Crippen LogP contribution is -2.56. The summed E-state index contributed by atoms with van der Waals surface area (Å²) in [6.07, 6.45) is 2.84. The molecule has 1 fully saturated rings. The number of rotatable bonds is 3. The van der Waals surface area contributed by atoms with Gasteiger partial charge in [-0.1, -0.05) is 37.0 Å². The van der Waals surface area contributed by atoms with Crippen LogP contribution in [0.4, 0.5) is 5.82 Å². The van der Waals surface area contributed by atoms with E-state index in [1.165, 1.54) is 0 Å². The maximum absolute atomic E-state index is 12.5. The van der Waals surface area contributed by atoms with Crippen LogP contribution in [0.1, 0.15) is 26.7 Å². The van der Waals surface area contributed by atoms with Gasteiger partial charge in [0, 0.05) is 13.1 Å². The van der Waals surface area contributed by atoms with Crippen LogP contribution >= 0.6 is 23.2 Å². The van der Waals surface area contributed by atoms with Crippen LogP contribution in [-0.2, 0) is 9.84 Å². The predicted molar refractivity (Wildman–Crippen MR) is 98.9 cm³/mol. The molecule has 1 aromatic heterocycles. The Hall–Kier alpha value is -1.11. The van der Waals surface area contributed by atoms with E-state index in [9.17, 15) is 8.42 Å². The Morgan fingerprint density at radius 1 is 1.17 bits per heavy atom. The van der Waals surface area contributed by atoms with E-state index >= 15 is 0 Å². The topological polar surface area (TPSA) is 63.2 Å². The molecule has 1 aliphatic heterocycles. The number of anilines is 1. The largest absolute Gasteiger partial charge is 0.353 e. The number of nitrogens with zero attached hydrogens (tertiary/aromatic N) is 3. The van der Waals surface area contributed by atoms with Crippen LogP contribution in [0.3, 0.4) is 0 Å². The number of hydrogen-bond donors (Lipinski definition) is 0. The first kappa shape index (κ1) is 17.7. The molecule has 2 aromatic rings. The van der Waals surface area contributed by atoms with Gasteiger partial charge in [0.2, 0.25) is 0 Å². The van der Waals surface area contributed by atoms with Gasteiger partial charge in [0.15, 0.2) is 9.84 Å². The van der Waals surface area contributed by atoms with Gasteiger partial charge in [0.1, 0.15) is 5.82 Å². The molecule has 0 atom stereocenters. The summed E-state index contributed by atoms with van der Waals surface area (Å²) in [6.45, 7) is 4.71. The number of aromatic nitrogens is 2. The standard InChI is InChI=1S/C16H19Cl2N3O2S/c1-3-16(4-2)10-21(5-6-24(16,22)23)15-9-19-13-7-11(17)12(18)8-14(13)20-15/h7-9H,3-6,10H2,1-2H3. The monoisotopic (exact) mass is 387 g/mol. The third-order valence-corrected chi connectivity index (χ3v) is 8.42. The van der Waals surface area contributed by atoms with Gasteiger partial charge < -0.3 is 4.90 Å². The van der Waals surface area contributed by atoms with Crippen LogP contribution in [0.2, 0.25) is 10.0 Å². The van der Waals surface area contributed by atoms with Crippen LogP contribution in [0.15, 0.2) is 18.3 Å². The second-order valence-electron chi connectivity index (χ2n) is 6.11. The van der Waals surface area contributed by atoms with Gasteiger partial charge in [0.25, 0.3) is 0 Å². The molecule has 0 bridgehead atoms. The van der Waals surface area contributed by atoms with Crippen LogP contribution in [0.25, 0.3) is 11.0 Å². The van der Waals surface area contributed by atoms with Gasteiger partial charge in [-0.15, -0.1) is 0 Å². The van der Waals surface area contributed by atoms with Crippen molar-refractivity contribution in [2.24, 2.45) is 0 Å². The zero-order chi connectivity index (χ0) is 17.5. The van der Waals surface area contributed by atoms with E-state index in [0.717, 1.165) is 0 Å². The van der Waals surface area contributed by atoms with E-state index in [1.54, 1.807) is 18.3 Å². The number of sulfone groups is 1. The molecule has 1 saturated heterocycles. The number of halogens is 2. The number of fused-ring (bicyclic) bond motifs is 1. The third kappa shape index (κ3) is 2.85. The van der Waals surface area contributed by atoms with Gasteiger partial charge in [-0.05, 0) is 25.0 Å². The quantitative estimate of drug-likeness (QED) is 0.802. The minimum absolute atomic E-state index is 0.135. The number of hydrogen-bond acceptors (Lipinski definition) is 5. The van der Waals surface area contributed by atoms with Gasteiger partial charge in [-0.2, -0.15) is 0 Å². The van der Waals surface area contributed by atoms with Crippen molar-refractivity contribution >= 4 is 49.9 Å². The summed E-state index contributed by atoms with van der Waals surface area (Å²) in [5.41, 5.74) is 1.31. The molecule has 5 nitrogen and oxygen atoms in total. The fourth-order valence-corrected chi connectivity index (χ4v) is 5.67. The summed E-state index contributed by atoms with van der Waals surface area (Å²) < 4.78 is 24.4. The minimum atomic E-state index is -3.11. The summed E-state index contributed by atoms with van der Waals surface area (Å²) in [7, 11) is -3.11. The molecule has 0 aliphatic carbocycles. The van der Waals surface area contributed by atoms with E-state index in [4.69, 9.17) is 23.2 Å². The zero-order valence-corrected chi connectivity index (χ0v) is 15.9. The van der Waals surface area contributed by atoms with Crippen LogP contribution < -0.4 is 4.90 Å². The summed E-state index contributed by atoms with van der Waals surface area (Å²) in [4.78, 5) is 11.0. The molecule has 3 rings (SSSR count). The van der Waals surface area contributed by atoms with Crippen LogP contribution in [-0.4, -0.2) is 42.0 Å². The van der Waals surface area contributed by atoms with Gasteiger partial charge in [-0.25, -0.2) is 13.4 Å². The Bertz CT molecular complexity index is 882. The summed E-state index contributed by atoms with van der Waals surface area (Å²) in [5.74, 6) is 0.803. The van der Waals surface area contributed by atoms with Gasteiger partial charge in [-0.3, -0.25) is 4.98 Å².